The lowest BCUT2D eigenvalue weighted by Crippen LogP contribution is -2.70. The number of benzene rings is 2. The van der Waals surface area contributed by atoms with Crippen molar-refractivity contribution in [3.8, 4) is 0 Å². The Kier molecular flexibility index (Phi) is 5.96. The summed E-state index contributed by atoms with van der Waals surface area (Å²) in [4.78, 5) is 0. The van der Waals surface area contributed by atoms with E-state index in [0.717, 1.165) is 17.5 Å². The van der Waals surface area contributed by atoms with Gasteiger partial charge >= 0.3 is 0 Å². The second-order valence-corrected chi connectivity index (χ2v) is 10.1. The second kappa shape index (κ2) is 8.64. The minimum atomic E-state index is -0.611. The van der Waals surface area contributed by atoms with E-state index in [0.29, 0.717) is 19.6 Å². The Balaban J connectivity index is 1.34. The minimum absolute atomic E-state index is 0.134. The van der Waals surface area contributed by atoms with Crippen LogP contribution in [0.2, 0.25) is 0 Å². The Bertz CT molecular complexity index is 965. The molecule has 0 radical (unpaired) electrons. The Morgan fingerprint density at radius 1 is 0.970 bits per heavy atom. The van der Waals surface area contributed by atoms with Crippen molar-refractivity contribution in [2.24, 2.45) is 0 Å². The molecule has 7 atom stereocenters. The quantitative estimate of drug-likeness (QED) is 0.574. The van der Waals surface area contributed by atoms with Crippen molar-refractivity contribution in [3.05, 3.63) is 84.4 Å². The maximum Gasteiger partial charge on any atom is 0.184 e. The molecule has 5 heteroatoms. The van der Waals surface area contributed by atoms with Crippen LogP contribution in [0.25, 0.3) is 0 Å². The molecule has 0 aromatic heterocycles. The first-order valence-corrected chi connectivity index (χ1v) is 11.8. The summed E-state index contributed by atoms with van der Waals surface area (Å²) in [6, 6.07) is 20.3. The Morgan fingerprint density at radius 3 is 2.36 bits per heavy atom. The van der Waals surface area contributed by atoms with Crippen molar-refractivity contribution in [1.29, 1.82) is 0 Å². The third-order valence-electron chi connectivity index (χ3n) is 7.46. The Labute approximate surface area is 196 Å². The van der Waals surface area contributed by atoms with Crippen LogP contribution >= 0.6 is 0 Å². The average molecular weight is 451 g/mol. The maximum atomic E-state index is 6.78. The van der Waals surface area contributed by atoms with Crippen LogP contribution in [0.3, 0.4) is 0 Å². The van der Waals surface area contributed by atoms with Crippen molar-refractivity contribution < 1.29 is 23.7 Å². The summed E-state index contributed by atoms with van der Waals surface area (Å²) in [6.45, 7) is 11.3. The summed E-state index contributed by atoms with van der Waals surface area (Å²) in [5.41, 5.74) is 0.476. The predicted molar refractivity (Wildman–Crippen MR) is 126 cm³/mol. The molecule has 5 nitrogen and oxygen atoms in total. The first-order valence-electron chi connectivity index (χ1n) is 11.8. The summed E-state index contributed by atoms with van der Waals surface area (Å²) >= 11 is 0. The van der Waals surface area contributed by atoms with Crippen molar-refractivity contribution in [2.75, 3.05) is 6.61 Å². The highest BCUT2D eigenvalue weighted by Crippen LogP contribution is 2.50. The van der Waals surface area contributed by atoms with Gasteiger partial charge in [-0.2, -0.15) is 0 Å². The summed E-state index contributed by atoms with van der Waals surface area (Å²) in [5.74, 6) is 0. The van der Waals surface area contributed by atoms with E-state index in [9.17, 15) is 0 Å². The van der Waals surface area contributed by atoms with Crippen LogP contribution in [-0.2, 0) is 30.3 Å². The molecule has 2 aromatic rings. The van der Waals surface area contributed by atoms with Crippen LogP contribution in [0.5, 0.6) is 0 Å². The lowest BCUT2D eigenvalue weighted by Gasteiger charge is -2.60. The molecule has 5 rings (SSSR count). The fourth-order valence-corrected chi connectivity index (χ4v) is 5.37. The monoisotopic (exact) mass is 450 g/mol. The van der Waals surface area contributed by atoms with Crippen LogP contribution < -0.4 is 0 Å². The SMILES string of the molecule is C=C[C@]1(C)O[C@@H]2C[C@@H]3O[C@H](c4ccccc4)OC[C@@]3(C)O[C@@]2(C)C[C@H]1OCc1ccccc1. The standard InChI is InChI=1S/C28H34O5/c1-5-26(2)24(29-18-20-12-8-6-9-13-20)17-27(3)23(32-26)16-22-28(4,33-27)19-30-25(31-22)21-14-10-7-11-15-21/h5-15,22-25H,1,16-19H2,2-4H3/t22-,23+,24+,25+,26-,27-,28+/m0/s1. The third-order valence-corrected chi connectivity index (χ3v) is 7.46. The number of rotatable bonds is 5. The van der Waals surface area contributed by atoms with Crippen LogP contribution in [0.1, 0.15) is 51.0 Å². The van der Waals surface area contributed by atoms with Gasteiger partial charge in [0.2, 0.25) is 0 Å². The van der Waals surface area contributed by atoms with Gasteiger partial charge in [0.05, 0.1) is 37.1 Å². The molecule has 3 fully saturated rings. The molecule has 176 valence electrons. The summed E-state index contributed by atoms with van der Waals surface area (Å²) in [7, 11) is 0. The minimum Gasteiger partial charge on any atom is -0.370 e. The zero-order valence-corrected chi connectivity index (χ0v) is 19.7. The highest BCUT2D eigenvalue weighted by molar-refractivity contribution is 5.18. The molecular weight excluding hydrogens is 416 g/mol. The van der Waals surface area contributed by atoms with E-state index in [1.807, 2.05) is 54.6 Å². The fourth-order valence-electron chi connectivity index (χ4n) is 5.37. The summed E-state index contributed by atoms with van der Waals surface area (Å²) in [5, 5.41) is 0. The Morgan fingerprint density at radius 2 is 1.67 bits per heavy atom. The molecule has 33 heavy (non-hydrogen) atoms. The molecule has 0 unspecified atom stereocenters. The van der Waals surface area contributed by atoms with Crippen molar-refractivity contribution in [3.63, 3.8) is 0 Å². The normalized spacial score (nSPS) is 40.5. The molecule has 0 N–H and O–H groups in total. The maximum absolute atomic E-state index is 6.78. The van der Waals surface area contributed by atoms with E-state index in [-0.39, 0.29) is 18.3 Å². The molecule has 0 aliphatic carbocycles. The highest BCUT2D eigenvalue weighted by Gasteiger charge is 2.61. The van der Waals surface area contributed by atoms with Gasteiger partial charge in [-0.1, -0.05) is 66.7 Å². The van der Waals surface area contributed by atoms with Crippen molar-refractivity contribution in [1.82, 2.24) is 0 Å². The molecule has 0 bridgehead atoms. The van der Waals surface area contributed by atoms with Gasteiger partial charge in [0.1, 0.15) is 11.2 Å². The molecule has 3 heterocycles. The van der Waals surface area contributed by atoms with Gasteiger partial charge in [0, 0.05) is 18.4 Å². The lowest BCUT2D eigenvalue weighted by molar-refractivity contribution is -0.383. The number of hydrogen-bond acceptors (Lipinski definition) is 5. The predicted octanol–water partition coefficient (Wildman–Crippen LogP) is 5.36. The van der Waals surface area contributed by atoms with Gasteiger partial charge in [0.15, 0.2) is 6.29 Å². The van der Waals surface area contributed by atoms with E-state index >= 15 is 0 Å². The van der Waals surface area contributed by atoms with Gasteiger partial charge in [-0.15, -0.1) is 6.58 Å². The molecule has 3 aliphatic heterocycles. The first-order chi connectivity index (χ1) is 15.8. The van der Waals surface area contributed by atoms with E-state index in [1.165, 1.54) is 0 Å². The zero-order valence-electron chi connectivity index (χ0n) is 19.7. The number of hydrogen-bond donors (Lipinski definition) is 0. The van der Waals surface area contributed by atoms with Gasteiger partial charge in [-0.05, 0) is 26.3 Å². The molecule has 0 saturated carbocycles. The highest BCUT2D eigenvalue weighted by atomic mass is 16.7. The largest absolute Gasteiger partial charge is 0.370 e. The average Bonchev–Trinajstić information content (AvgIpc) is 2.82. The lowest BCUT2D eigenvalue weighted by atomic mass is 9.74. The smallest absolute Gasteiger partial charge is 0.184 e. The van der Waals surface area contributed by atoms with Gasteiger partial charge < -0.3 is 23.7 Å². The van der Waals surface area contributed by atoms with E-state index < -0.39 is 23.1 Å². The molecule has 3 saturated heterocycles. The molecular formula is C28H34O5. The number of fused-ring (bicyclic) bond motifs is 2. The first kappa shape index (κ1) is 22.8. The molecule has 2 aromatic carbocycles. The van der Waals surface area contributed by atoms with Gasteiger partial charge in [0.25, 0.3) is 0 Å². The Hall–Kier alpha value is -2.02. The topological polar surface area (TPSA) is 46.2 Å². The van der Waals surface area contributed by atoms with Crippen LogP contribution in [0.15, 0.2) is 73.3 Å². The molecule has 0 amide bonds. The van der Waals surface area contributed by atoms with Crippen LogP contribution in [0, 0.1) is 0 Å². The summed E-state index contributed by atoms with van der Waals surface area (Å²) in [6.07, 6.45) is 2.46. The van der Waals surface area contributed by atoms with Crippen LogP contribution in [0.4, 0.5) is 0 Å². The fraction of sp³-hybridized carbons (Fsp3) is 0.500. The third kappa shape index (κ3) is 4.29. The van der Waals surface area contributed by atoms with Crippen molar-refractivity contribution >= 4 is 0 Å². The number of ether oxygens (including phenoxy) is 5. The van der Waals surface area contributed by atoms with E-state index in [1.54, 1.807) is 0 Å². The van der Waals surface area contributed by atoms with Crippen molar-refractivity contribution in [2.45, 2.75) is 81.6 Å². The zero-order chi connectivity index (χ0) is 23.1. The molecule has 3 aliphatic rings. The van der Waals surface area contributed by atoms with Gasteiger partial charge in [-0.25, -0.2) is 0 Å². The summed E-state index contributed by atoms with van der Waals surface area (Å²) < 4.78 is 32.4. The van der Waals surface area contributed by atoms with Gasteiger partial charge in [-0.3, -0.25) is 0 Å². The second-order valence-electron chi connectivity index (χ2n) is 10.1. The van der Waals surface area contributed by atoms with Crippen LogP contribution in [-0.4, -0.2) is 41.7 Å². The van der Waals surface area contributed by atoms with E-state index in [2.05, 4.69) is 39.5 Å². The van der Waals surface area contributed by atoms with E-state index in [4.69, 9.17) is 23.7 Å². The molecule has 0 spiro atoms.